The standard InChI is InChI=1S/C19H23NO.BF4/c1-15-13-16(2)21-19(14-15)8-6-5-7-17-9-11-18(12-10-17)20(3)4;2-1(3,4)5/h5-14,19H,1-4H3;/q;-1/b7-5+,8-6+;. The lowest BCUT2D eigenvalue weighted by molar-refractivity contribution is 0.188. The van der Waals surface area contributed by atoms with E-state index >= 15 is 0 Å². The average Bonchev–Trinajstić information content (AvgIpc) is 2.49. The van der Waals surface area contributed by atoms with Crippen molar-refractivity contribution in [1.82, 2.24) is 0 Å². The van der Waals surface area contributed by atoms with Gasteiger partial charge in [0.15, 0.2) is 0 Å². The van der Waals surface area contributed by atoms with Crippen LogP contribution in [-0.4, -0.2) is 27.5 Å². The zero-order valence-corrected chi connectivity index (χ0v) is 15.3. The summed E-state index contributed by atoms with van der Waals surface area (Å²) in [5, 5.41) is 0. The van der Waals surface area contributed by atoms with Gasteiger partial charge < -0.3 is 26.9 Å². The zero-order valence-electron chi connectivity index (χ0n) is 15.3. The van der Waals surface area contributed by atoms with Crippen molar-refractivity contribution in [2.45, 2.75) is 20.0 Å². The normalized spacial score (nSPS) is 17.3. The molecule has 0 spiro atoms. The number of halogens is 4. The fourth-order valence-corrected chi connectivity index (χ4v) is 2.23. The van der Waals surface area contributed by atoms with Crippen LogP contribution in [0, 0.1) is 0 Å². The zero-order chi connectivity index (χ0) is 19.7. The number of anilines is 1. The molecule has 0 fully saturated rings. The van der Waals surface area contributed by atoms with Crippen LogP contribution in [0.4, 0.5) is 23.0 Å². The minimum Gasteiger partial charge on any atom is -0.487 e. The minimum absolute atomic E-state index is 0.0377. The Hall–Kier alpha value is -2.44. The highest BCUT2D eigenvalue weighted by molar-refractivity contribution is 6.50. The number of rotatable bonds is 4. The van der Waals surface area contributed by atoms with Gasteiger partial charge in [0.2, 0.25) is 0 Å². The molecule has 0 N–H and O–H groups in total. The fourth-order valence-electron chi connectivity index (χ4n) is 2.23. The Morgan fingerprint density at radius 2 is 1.58 bits per heavy atom. The van der Waals surface area contributed by atoms with Crippen LogP contribution in [0.15, 0.2) is 66.0 Å². The largest absolute Gasteiger partial charge is 0.673 e. The van der Waals surface area contributed by atoms with Gasteiger partial charge in [0, 0.05) is 19.8 Å². The molecule has 1 aliphatic heterocycles. The second-order valence-electron chi connectivity index (χ2n) is 5.97. The van der Waals surface area contributed by atoms with Crippen molar-refractivity contribution in [2.75, 3.05) is 19.0 Å². The van der Waals surface area contributed by atoms with Crippen molar-refractivity contribution in [1.29, 1.82) is 0 Å². The van der Waals surface area contributed by atoms with Gasteiger partial charge in [0.05, 0.1) is 5.76 Å². The third kappa shape index (κ3) is 9.76. The van der Waals surface area contributed by atoms with Crippen LogP contribution >= 0.6 is 0 Å². The van der Waals surface area contributed by atoms with Gasteiger partial charge in [-0.25, -0.2) is 0 Å². The molecule has 7 heteroatoms. The van der Waals surface area contributed by atoms with Crippen LogP contribution in [0.2, 0.25) is 0 Å². The summed E-state index contributed by atoms with van der Waals surface area (Å²) in [4.78, 5) is 2.10. The molecule has 0 amide bonds. The molecule has 142 valence electrons. The number of benzene rings is 1. The van der Waals surface area contributed by atoms with Crippen molar-refractivity contribution in [3.8, 4) is 0 Å². The van der Waals surface area contributed by atoms with Gasteiger partial charge in [-0.1, -0.05) is 30.4 Å². The molecule has 0 aromatic heterocycles. The molecule has 1 aromatic rings. The van der Waals surface area contributed by atoms with Gasteiger partial charge in [-0.05, 0) is 55.3 Å². The van der Waals surface area contributed by atoms with Crippen LogP contribution < -0.4 is 4.90 Å². The minimum atomic E-state index is -6.00. The van der Waals surface area contributed by atoms with E-state index < -0.39 is 7.25 Å². The van der Waals surface area contributed by atoms with Crippen molar-refractivity contribution in [3.63, 3.8) is 0 Å². The Kier molecular flexibility index (Phi) is 8.22. The van der Waals surface area contributed by atoms with E-state index in [9.17, 15) is 17.3 Å². The Morgan fingerprint density at radius 1 is 1.00 bits per heavy atom. The molecule has 1 atom stereocenters. The summed E-state index contributed by atoms with van der Waals surface area (Å²) in [6.07, 6.45) is 12.4. The molecule has 0 saturated heterocycles. The van der Waals surface area contributed by atoms with E-state index in [1.54, 1.807) is 0 Å². The molecule has 2 rings (SSSR count). The maximum absolute atomic E-state index is 9.75. The number of hydrogen-bond acceptors (Lipinski definition) is 2. The first kappa shape index (κ1) is 21.6. The summed E-state index contributed by atoms with van der Waals surface area (Å²) in [6.45, 7) is 4.08. The van der Waals surface area contributed by atoms with Gasteiger partial charge in [-0.2, -0.15) is 0 Å². The molecule has 2 nitrogen and oxygen atoms in total. The van der Waals surface area contributed by atoms with E-state index in [1.807, 2.05) is 39.2 Å². The molecular weight excluding hydrogens is 345 g/mol. The first-order valence-corrected chi connectivity index (χ1v) is 8.07. The Balaban J connectivity index is 0.000000597. The SMILES string of the molecule is CC1=CC(/C=C/C=C/c2ccc(N(C)C)cc2)OC(C)=C1.F[B-](F)(F)F. The fraction of sp³-hybridized carbons (Fsp3) is 0.263. The van der Waals surface area contributed by atoms with Crippen molar-refractivity contribution < 1.29 is 22.0 Å². The molecule has 1 aliphatic rings. The van der Waals surface area contributed by atoms with E-state index in [0.29, 0.717) is 0 Å². The second-order valence-corrected chi connectivity index (χ2v) is 5.97. The summed E-state index contributed by atoms with van der Waals surface area (Å²) < 4.78 is 44.7. The summed E-state index contributed by atoms with van der Waals surface area (Å²) in [6, 6.07) is 8.48. The van der Waals surface area contributed by atoms with Crippen molar-refractivity contribution >= 4 is 19.0 Å². The molecular formula is C19H23BF4NO-. The van der Waals surface area contributed by atoms with Gasteiger partial charge >= 0.3 is 7.25 Å². The Bertz CT molecular complexity index is 682. The van der Waals surface area contributed by atoms with Gasteiger partial charge in [0.25, 0.3) is 0 Å². The van der Waals surface area contributed by atoms with E-state index in [1.165, 1.54) is 16.8 Å². The third-order valence-electron chi connectivity index (χ3n) is 3.29. The van der Waals surface area contributed by atoms with Crippen LogP contribution in [0.25, 0.3) is 6.08 Å². The quantitative estimate of drug-likeness (QED) is 0.374. The number of allylic oxidation sites excluding steroid dienone is 5. The third-order valence-corrected chi connectivity index (χ3v) is 3.29. The monoisotopic (exact) mass is 368 g/mol. The predicted molar refractivity (Wildman–Crippen MR) is 102 cm³/mol. The topological polar surface area (TPSA) is 12.5 Å². The van der Waals surface area contributed by atoms with Gasteiger partial charge in [-0.15, -0.1) is 0 Å². The highest BCUT2D eigenvalue weighted by Gasteiger charge is 2.20. The van der Waals surface area contributed by atoms with Crippen molar-refractivity contribution in [2.24, 2.45) is 0 Å². The smallest absolute Gasteiger partial charge is 0.487 e. The van der Waals surface area contributed by atoms with Gasteiger partial charge in [0.1, 0.15) is 6.10 Å². The van der Waals surface area contributed by atoms with Crippen LogP contribution in [-0.2, 0) is 4.74 Å². The number of hydrogen-bond donors (Lipinski definition) is 0. The summed E-state index contributed by atoms with van der Waals surface area (Å²) >= 11 is 0. The lowest BCUT2D eigenvalue weighted by atomic mass is 10.1. The Morgan fingerprint density at radius 3 is 2.08 bits per heavy atom. The molecule has 0 bridgehead atoms. The van der Waals surface area contributed by atoms with Crippen LogP contribution in [0.3, 0.4) is 0 Å². The van der Waals surface area contributed by atoms with E-state index in [2.05, 4.69) is 54.3 Å². The number of nitrogens with zero attached hydrogens (tertiary/aromatic N) is 1. The maximum Gasteiger partial charge on any atom is 0.673 e. The lowest BCUT2D eigenvalue weighted by Gasteiger charge is -2.17. The molecule has 1 aromatic carbocycles. The number of ether oxygens (including phenoxy) is 1. The molecule has 1 unspecified atom stereocenters. The van der Waals surface area contributed by atoms with E-state index in [-0.39, 0.29) is 6.10 Å². The van der Waals surface area contributed by atoms with E-state index in [4.69, 9.17) is 4.74 Å². The molecule has 0 radical (unpaired) electrons. The van der Waals surface area contributed by atoms with Crippen LogP contribution in [0.5, 0.6) is 0 Å². The maximum atomic E-state index is 9.75. The summed E-state index contributed by atoms with van der Waals surface area (Å²) in [5.41, 5.74) is 3.65. The first-order chi connectivity index (χ1) is 12.0. The van der Waals surface area contributed by atoms with Crippen molar-refractivity contribution in [3.05, 3.63) is 71.5 Å². The molecule has 0 aliphatic carbocycles. The lowest BCUT2D eigenvalue weighted by Crippen LogP contribution is -2.09. The van der Waals surface area contributed by atoms with Crippen LogP contribution in [0.1, 0.15) is 19.4 Å². The molecule has 0 saturated carbocycles. The second kappa shape index (κ2) is 9.90. The first-order valence-electron chi connectivity index (χ1n) is 8.07. The summed E-state index contributed by atoms with van der Waals surface area (Å²) in [5.74, 6) is 0.966. The van der Waals surface area contributed by atoms with E-state index in [0.717, 1.165) is 5.76 Å². The predicted octanol–water partition coefficient (Wildman–Crippen LogP) is 5.87. The Labute approximate surface area is 152 Å². The highest BCUT2D eigenvalue weighted by atomic mass is 19.5. The molecule has 26 heavy (non-hydrogen) atoms. The molecule has 1 heterocycles. The average molecular weight is 368 g/mol. The highest BCUT2D eigenvalue weighted by Crippen LogP contribution is 2.16. The summed E-state index contributed by atoms with van der Waals surface area (Å²) in [7, 11) is -1.91. The van der Waals surface area contributed by atoms with Gasteiger partial charge in [-0.3, -0.25) is 0 Å².